The third kappa shape index (κ3) is 3.37. The van der Waals surface area contributed by atoms with Crippen molar-refractivity contribution >= 4 is 35.1 Å². The lowest BCUT2D eigenvalue weighted by Gasteiger charge is -2.63. The van der Waals surface area contributed by atoms with Gasteiger partial charge in [0, 0.05) is 30.6 Å². The smallest absolute Gasteiger partial charge is 0.303 e. The quantitative estimate of drug-likeness (QED) is 0.573. The zero-order valence-corrected chi connectivity index (χ0v) is 20.8. The van der Waals surface area contributed by atoms with E-state index in [1.54, 1.807) is 6.92 Å². The summed E-state index contributed by atoms with van der Waals surface area (Å²) in [5.41, 5.74) is -7.18. The molecular weight excluding hydrogens is 486 g/mol. The minimum absolute atomic E-state index is 0.0125. The molecule has 4 rings (SSSR count). The molecule has 0 radical (unpaired) electrons. The Hall–Kier alpha value is -2.13. The van der Waals surface area contributed by atoms with Crippen LogP contribution in [0.5, 0.6) is 0 Å². The number of esters is 2. The molecule has 3 fully saturated rings. The summed E-state index contributed by atoms with van der Waals surface area (Å²) in [5, 5.41) is 11.1. The van der Waals surface area contributed by atoms with E-state index in [9.17, 15) is 24.3 Å². The van der Waals surface area contributed by atoms with Gasteiger partial charge in [0.15, 0.2) is 23.7 Å². The molecule has 1 N–H and O–H groups in total. The van der Waals surface area contributed by atoms with E-state index in [0.29, 0.717) is 0 Å². The van der Waals surface area contributed by atoms with Crippen LogP contribution in [0.3, 0.4) is 0 Å². The number of ether oxygens (including phenoxy) is 2. The summed E-state index contributed by atoms with van der Waals surface area (Å²) in [4.78, 5) is 48.9. The van der Waals surface area contributed by atoms with Gasteiger partial charge in [-0.3, -0.25) is 19.2 Å². The Morgan fingerprint density at radius 1 is 1.20 bits per heavy atom. The normalized spacial score (nSPS) is 44.3. The Balaban J connectivity index is 1.82. The van der Waals surface area contributed by atoms with Crippen LogP contribution in [-0.4, -0.2) is 58.8 Å². The fraction of sp³-hybridized carbons (Fsp3) is 0.680. The molecule has 0 bridgehead atoms. The molecule has 0 unspecified atom stereocenters. The highest BCUT2D eigenvalue weighted by Crippen LogP contribution is 2.70. The number of aliphatic hydroxyl groups excluding tert-OH is 1. The van der Waals surface area contributed by atoms with E-state index in [2.05, 4.69) is 0 Å². The van der Waals surface area contributed by atoms with Crippen molar-refractivity contribution in [3.63, 3.8) is 0 Å². The number of fused-ring (bicyclic) bond motifs is 5. The average Bonchev–Trinajstić information content (AvgIpc) is 3.03. The van der Waals surface area contributed by atoms with Gasteiger partial charge in [0.25, 0.3) is 0 Å². The van der Waals surface area contributed by atoms with Crippen LogP contribution in [0.25, 0.3) is 0 Å². The minimum Gasteiger partial charge on any atom is -0.458 e. The van der Waals surface area contributed by atoms with Crippen molar-refractivity contribution in [3.05, 3.63) is 22.8 Å². The maximum absolute atomic E-state index is 17.2. The third-order valence-corrected chi connectivity index (χ3v) is 9.28. The average molecular weight is 515 g/mol. The van der Waals surface area contributed by atoms with Gasteiger partial charge in [-0.1, -0.05) is 18.5 Å². The maximum Gasteiger partial charge on any atom is 0.303 e. The number of rotatable bonds is 4. The van der Waals surface area contributed by atoms with Crippen LogP contribution in [-0.2, 0) is 28.7 Å². The molecule has 35 heavy (non-hydrogen) atoms. The van der Waals surface area contributed by atoms with Gasteiger partial charge in [-0.15, -0.1) is 0 Å². The van der Waals surface area contributed by atoms with Gasteiger partial charge >= 0.3 is 11.9 Å². The lowest BCUT2D eigenvalue weighted by molar-refractivity contribution is -0.228. The van der Waals surface area contributed by atoms with Crippen LogP contribution >= 0.6 is 11.6 Å². The van der Waals surface area contributed by atoms with Crippen molar-refractivity contribution in [3.8, 4) is 0 Å². The highest BCUT2D eigenvalue weighted by atomic mass is 35.5. The van der Waals surface area contributed by atoms with Crippen LogP contribution in [0.1, 0.15) is 53.4 Å². The fourth-order valence-corrected chi connectivity index (χ4v) is 7.73. The van der Waals surface area contributed by atoms with Gasteiger partial charge in [0.2, 0.25) is 5.78 Å². The van der Waals surface area contributed by atoms with Crippen molar-refractivity contribution in [2.75, 3.05) is 6.61 Å². The first-order valence-electron chi connectivity index (χ1n) is 11.7. The van der Waals surface area contributed by atoms with Gasteiger partial charge in [0.05, 0.1) is 11.1 Å². The number of Topliss-reactive ketones (excluding diaryl/α,β-unsaturated/α-hetero) is 1. The molecule has 192 valence electrons. The van der Waals surface area contributed by atoms with Crippen molar-refractivity contribution in [1.82, 2.24) is 0 Å². The Bertz CT molecular complexity index is 1070. The second kappa shape index (κ2) is 8.20. The lowest BCUT2D eigenvalue weighted by atomic mass is 9.44. The highest BCUT2D eigenvalue weighted by molar-refractivity contribution is 6.44. The number of allylic oxidation sites excluding steroid dienone is 4. The van der Waals surface area contributed by atoms with Crippen molar-refractivity contribution < 1.29 is 42.5 Å². The summed E-state index contributed by atoms with van der Waals surface area (Å²) in [6.45, 7) is 4.69. The number of alkyl halides is 2. The molecule has 0 heterocycles. The number of carbonyl (C=O) groups is 4. The SMILES string of the molecule is CC(=O)OCC(=O)[C@@]1(OC(C)=O)CC[C@H]2[C@@H]3C[C@@H](F)C4=CC(=O)C(Cl)=C[C@]4(C)[C@@]3(F)[C@@H](O)C[C@@]21C. The van der Waals surface area contributed by atoms with Crippen molar-refractivity contribution in [2.45, 2.75) is 76.9 Å². The predicted octanol–water partition coefficient (Wildman–Crippen LogP) is 3.31. The van der Waals surface area contributed by atoms with E-state index in [-0.39, 0.29) is 36.3 Å². The molecule has 4 aliphatic carbocycles. The standard InChI is InChI=1S/C25H29ClF2O7/c1-12(29)34-11-21(33)24(35-13(2)30)6-5-14-15-7-18(27)16-8-19(31)17(26)9-23(16,4)25(15,28)20(32)10-22(14,24)3/h8-9,14-15,18,20,32H,5-7,10-11H2,1-4H3/t14-,15-,18+,20-,22-,23-,24-,25-/m0/s1. The molecule has 0 spiro atoms. The first kappa shape index (κ1) is 25.9. The number of ketones is 2. The molecule has 8 atom stereocenters. The van der Waals surface area contributed by atoms with Crippen LogP contribution < -0.4 is 0 Å². The fourth-order valence-electron chi connectivity index (χ4n) is 7.46. The van der Waals surface area contributed by atoms with E-state index >= 15 is 8.78 Å². The third-order valence-electron chi connectivity index (χ3n) is 8.98. The Kier molecular flexibility index (Phi) is 6.08. The monoisotopic (exact) mass is 514 g/mol. The largest absolute Gasteiger partial charge is 0.458 e. The summed E-state index contributed by atoms with van der Waals surface area (Å²) in [5.74, 6) is -4.46. The molecule has 0 aliphatic heterocycles. The summed E-state index contributed by atoms with van der Waals surface area (Å²) in [6.07, 6.45) is -1.52. The molecule has 0 aromatic heterocycles. The van der Waals surface area contributed by atoms with Gasteiger partial charge in [-0.05, 0) is 56.3 Å². The number of halogens is 3. The molecule has 10 heteroatoms. The minimum atomic E-state index is -2.39. The van der Waals surface area contributed by atoms with Crippen molar-refractivity contribution in [1.29, 1.82) is 0 Å². The molecule has 0 amide bonds. The second-order valence-electron chi connectivity index (χ2n) is 10.6. The number of hydrogen-bond donors (Lipinski definition) is 1. The first-order chi connectivity index (χ1) is 16.1. The number of carbonyl (C=O) groups excluding carboxylic acids is 4. The van der Waals surface area contributed by atoms with Gasteiger partial charge in [0.1, 0.15) is 6.17 Å². The van der Waals surface area contributed by atoms with Crippen LogP contribution in [0.2, 0.25) is 0 Å². The van der Waals surface area contributed by atoms with E-state index in [4.69, 9.17) is 21.1 Å². The van der Waals surface area contributed by atoms with Crippen molar-refractivity contribution in [2.24, 2.45) is 22.7 Å². The zero-order valence-electron chi connectivity index (χ0n) is 20.0. The molecule has 4 aliphatic rings. The highest BCUT2D eigenvalue weighted by Gasteiger charge is 2.76. The van der Waals surface area contributed by atoms with E-state index in [0.717, 1.165) is 19.9 Å². The summed E-state index contributed by atoms with van der Waals surface area (Å²) >= 11 is 6.06. The predicted molar refractivity (Wildman–Crippen MR) is 120 cm³/mol. The van der Waals surface area contributed by atoms with Crippen LogP contribution in [0, 0.1) is 22.7 Å². The number of hydrogen-bond acceptors (Lipinski definition) is 7. The summed E-state index contributed by atoms with van der Waals surface area (Å²) in [7, 11) is 0. The van der Waals surface area contributed by atoms with E-state index in [1.165, 1.54) is 13.0 Å². The van der Waals surface area contributed by atoms with E-state index in [1.807, 2.05) is 0 Å². The van der Waals surface area contributed by atoms with Crippen LogP contribution in [0.15, 0.2) is 22.8 Å². The van der Waals surface area contributed by atoms with Gasteiger partial charge in [-0.25, -0.2) is 8.78 Å². The molecule has 0 aromatic carbocycles. The Morgan fingerprint density at radius 2 is 1.86 bits per heavy atom. The lowest BCUT2D eigenvalue weighted by Crippen LogP contribution is -2.70. The molecule has 7 nitrogen and oxygen atoms in total. The summed E-state index contributed by atoms with van der Waals surface area (Å²) in [6, 6.07) is 0. The number of aliphatic hydroxyl groups is 1. The van der Waals surface area contributed by atoms with Gasteiger partial charge < -0.3 is 14.6 Å². The van der Waals surface area contributed by atoms with E-state index < -0.39 is 76.3 Å². The molecule has 0 saturated heterocycles. The molecule has 3 saturated carbocycles. The molecule has 0 aromatic rings. The zero-order chi connectivity index (χ0) is 26.1. The second-order valence-corrected chi connectivity index (χ2v) is 11.1. The Labute approximate surface area is 206 Å². The molecular formula is C25H29ClF2O7. The Morgan fingerprint density at radius 3 is 2.46 bits per heavy atom. The van der Waals surface area contributed by atoms with Gasteiger partial charge in [-0.2, -0.15) is 0 Å². The topological polar surface area (TPSA) is 107 Å². The van der Waals surface area contributed by atoms with Crippen LogP contribution in [0.4, 0.5) is 8.78 Å². The maximum atomic E-state index is 17.2. The summed E-state index contributed by atoms with van der Waals surface area (Å²) < 4.78 is 43.3. The first-order valence-corrected chi connectivity index (χ1v) is 12.0.